The van der Waals surface area contributed by atoms with Crippen LogP contribution in [0.4, 0.5) is 11.4 Å². The zero-order valence-corrected chi connectivity index (χ0v) is 11.3. The van der Waals surface area contributed by atoms with Crippen LogP contribution >= 0.6 is 0 Å². The van der Waals surface area contributed by atoms with Gasteiger partial charge in [-0.2, -0.15) is 0 Å². The number of nitrogens with zero attached hydrogens (tertiary/aromatic N) is 1. The molecule has 5 heteroatoms. The second-order valence-electron chi connectivity index (χ2n) is 4.33. The minimum absolute atomic E-state index is 0.389. The van der Waals surface area contributed by atoms with Crippen LogP contribution in [0.2, 0.25) is 0 Å². The Morgan fingerprint density at radius 2 is 2.05 bits per heavy atom. The van der Waals surface area contributed by atoms with Crippen LogP contribution in [0.25, 0.3) is 0 Å². The molecule has 0 radical (unpaired) electrons. The Hall–Kier alpha value is -2.56. The fourth-order valence-electron chi connectivity index (χ4n) is 1.86. The van der Waals surface area contributed by atoms with E-state index in [2.05, 4.69) is 15.0 Å². The molecule has 3 N–H and O–H groups in total. The average molecular weight is 271 g/mol. The van der Waals surface area contributed by atoms with Crippen molar-refractivity contribution in [2.45, 2.75) is 6.42 Å². The number of hydrogen-bond donors (Lipinski definition) is 2. The Morgan fingerprint density at radius 3 is 2.70 bits per heavy atom. The molecule has 0 unspecified atom stereocenters. The quantitative estimate of drug-likeness (QED) is 0.643. The Balaban J connectivity index is 1.95. The molecular weight excluding hydrogens is 254 g/mol. The third kappa shape index (κ3) is 3.47. The Labute approximate surface area is 117 Å². The first-order valence-corrected chi connectivity index (χ1v) is 6.31. The maximum absolute atomic E-state index is 11.4. The van der Waals surface area contributed by atoms with Crippen LogP contribution in [0.3, 0.4) is 0 Å². The number of carbonyl (C=O) groups is 1. The van der Waals surface area contributed by atoms with E-state index in [0.717, 1.165) is 18.7 Å². The van der Waals surface area contributed by atoms with Crippen molar-refractivity contribution in [1.82, 2.24) is 4.98 Å². The molecule has 0 aliphatic carbocycles. The number of anilines is 2. The number of aromatic nitrogens is 1. The topological polar surface area (TPSA) is 77.2 Å². The lowest BCUT2D eigenvalue weighted by molar-refractivity contribution is 0.0601. The van der Waals surface area contributed by atoms with Gasteiger partial charge in [0.25, 0.3) is 0 Å². The normalized spacial score (nSPS) is 10.1. The maximum Gasteiger partial charge on any atom is 0.337 e. The molecule has 104 valence electrons. The number of pyridine rings is 1. The fourth-order valence-corrected chi connectivity index (χ4v) is 1.86. The van der Waals surface area contributed by atoms with Crippen LogP contribution in [-0.4, -0.2) is 24.6 Å². The summed E-state index contributed by atoms with van der Waals surface area (Å²) in [5, 5.41) is 3.25. The summed E-state index contributed by atoms with van der Waals surface area (Å²) in [4.78, 5) is 15.3. The van der Waals surface area contributed by atoms with Crippen molar-refractivity contribution in [3.05, 3.63) is 53.9 Å². The van der Waals surface area contributed by atoms with E-state index in [-0.39, 0.29) is 5.97 Å². The molecule has 1 heterocycles. The van der Waals surface area contributed by atoms with Gasteiger partial charge in [0.1, 0.15) is 0 Å². The number of hydrogen-bond acceptors (Lipinski definition) is 5. The van der Waals surface area contributed by atoms with Gasteiger partial charge >= 0.3 is 5.97 Å². The lowest BCUT2D eigenvalue weighted by atomic mass is 10.1. The van der Waals surface area contributed by atoms with Gasteiger partial charge in [0.15, 0.2) is 0 Å². The molecule has 1 aromatic carbocycles. The number of carbonyl (C=O) groups excluding carboxylic acids is 1. The van der Waals surface area contributed by atoms with E-state index in [1.165, 1.54) is 12.7 Å². The molecule has 0 spiro atoms. The largest absolute Gasteiger partial charge is 0.465 e. The number of methoxy groups -OCH3 is 1. The number of ether oxygens (including phenoxy) is 1. The number of nitrogen functional groups attached to an aromatic ring is 1. The van der Waals surface area contributed by atoms with E-state index in [4.69, 9.17) is 5.73 Å². The van der Waals surface area contributed by atoms with Crippen molar-refractivity contribution in [3.8, 4) is 0 Å². The summed E-state index contributed by atoms with van der Waals surface area (Å²) in [6, 6.07) is 9.04. The minimum Gasteiger partial charge on any atom is -0.465 e. The van der Waals surface area contributed by atoms with Crippen LogP contribution in [0, 0.1) is 0 Å². The molecule has 20 heavy (non-hydrogen) atoms. The lowest BCUT2D eigenvalue weighted by Crippen LogP contribution is -2.08. The highest BCUT2D eigenvalue weighted by molar-refractivity contribution is 5.91. The second-order valence-corrected chi connectivity index (χ2v) is 4.33. The van der Waals surface area contributed by atoms with E-state index in [1.54, 1.807) is 30.6 Å². The van der Waals surface area contributed by atoms with Gasteiger partial charge in [-0.25, -0.2) is 4.79 Å². The van der Waals surface area contributed by atoms with Gasteiger partial charge in [-0.1, -0.05) is 0 Å². The first-order chi connectivity index (χ1) is 9.70. The zero-order chi connectivity index (χ0) is 14.4. The Kier molecular flexibility index (Phi) is 4.55. The molecule has 2 rings (SSSR count). The van der Waals surface area contributed by atoms with Gasteiger partial charge in [-0.05, 0) is 42.3 Å². The van der Waals surface area contributed by atoms with E-state index in [0.29, 0.717) is 11.3 Å². The molecule has 0 aliphatic heterocycles. The Bertz CT molecular complexity index is 585. The van der Waals surface area contributed by atoms with E-state index in [1.807, 2.05) is 12.1 Å². The summed E-state index contributed by atoms with van der Waals surface area (Å²) < 4.78 is 4.65. The predicted octanol–water partition coefficient (Wildman–Crippen LogP) is 2.10. The monoisotopic (exact) mass is 271 g/mol. The molecule has 0 aliphatic rings. The van der Waals surface area contributed by atoms with Gasteiger partial charge in [-0.15, -0.1) is 0 Å². The fraction of sp³-hybridized carbons (Fsp3) is 0.200. The summed E-state index contributed by atoms with van der Waals surface area (Å²) >= 11 is 0. The maximum atomic E-state index is 11.4. The summed E-state index contributed by atoms with van der Waals surface area (Å²) in [5.41, 5.74) is 8.91. The second kappa shape index (κ2) is 6.56. The summed E-state index contributed by atoms with van der Waals surface area (Å²) in [7, 11) is 1.35. The first-order valence-electron chi connectivity index (χ1n) is 6.31. The summed E-state index contributed by atoms with van der Waals surface area (Å²) in [6.45, 7) is 0.756. The molecule has 0 saturated heterocycles. The standard InChI is InChI=1S/C15H17N3O2/c1-20-15(19)12-2-3-14(13(16)10-12)18-9-6-11-4-7-17-8-5-11/h2-5,7-8,10,18H,6,9,16H2,1H3. The number of esters is 1. The molecule has 0 amide bonds. The molecule has 2 aromatic rings. The average Bonchev–Trinajstić information content (AvgIpc) is 2.49. The van der Waals surface area contributed by atoms with Crippen LogP contribution in [-0.2, 0) is 11.2 Å². The van der Waals surface area contributed by atoms with Crippen molar-refractivity contribution in [2.75, 3.05) is 24.7 Å². The number of benzene rings is 1. The highest BCUT2D eigenvalue weighted by Crippen LogP contribution is 2.20. The van der Waals surface area contributed by atoms with Gasteiger partial charge < -0.3 is 15.8 Å². The van der Waals surface area contributed by atoms with Crippen molar-refractivity contribution in [3.63, 3.8) is 0 Å². The van der Waals surface area contributed by atoms with Crippen molar-refractivity contribution >= 4 is 17.3 Å². The van der Waals surface area contributed by atoms with Gasteiger partial charge in [0, 0.05) is 18.9 Å². The van der Waals surface area contributed by atoms with E-state index >= 15 is 0 Å². The molecule has 1 aromatic heterocycles. The minimum atomic E-state index is -0.389. The molecular formula is C15H17N3O2. The van der Waals surface area contributed by atoms with Crippen LogP contribution in [0.15, 0.2) is 42.7 Å². The molecule has 0 atom stereocenters. The van der Waals surface area contributed by atoms with Crippen molar-refractivity contribution < 1.29 is 9.53 Å². The number of rotatable bonds is 5. The van der Waals surface area contributed by atoms with Crippen LogP contribution < -0.4 is 11.1 Å². The van der Waals surface area contributed by atoms with Crippen molar-refractivity contribution in [1.29, 1.82) is 0 Å². The molecule has 5 nitrogen and oxygen atoms in total. The summed E-state index contributed by atoms with van der Waals surface area (Å²) in [6.07, 6.45) is 4.42. The zero-order valence-electron chi connectivity index (χ0n) is 11.3. The predicted molar refractivity (Wildman–Crippen MR) is 78.6 cm³/mol. The lowest BCUT2D eigenvalue weighted by Gasteiger charge is -2.10. The van der Waals surface area contributed by atoms with E-state index < -0.39 is 0 Å². The Morgan fingerprint density at radius 1 is 1.30 bits per heavy atom. The SMILES string of the molecule is COC(=O)c1ccc(NCCc2ccncc2)c(N)c1. The van der Waals surface area contributed by atoms with E-state index in [9.17, 15) is 4.79 Å². The third-order valence-electron chi connectivity index (χ3n) is 2.95. The van der Waals surface area contributed by atoms with Crippen LogP contribution in [0.5, 0.6) is 0 Å². The highest BCUT2D eigenvalue weighted by atomic mass is 16.5. The molecule has 0 saturated carbocycles. The van der Waals surface area contributed by atoms with Crippen LogP contribution in [0.1, 0.15) is 15.9 Å². The third-order valence-corrected chi connectivity index (χ3v) is 2.95. The molecule has 0 fully saturated rings. The van der Waals surface area contributed by atoms with Gasteiger partial charge in [0.2, 0.25) is 0 Å². The molecule has 0 bridgehead atoms. The number of nitrogens with one attached hydrogen (secondary N) is 1. The highest BCUT2D eigenvalue weighted by Gasteiger charge is 2.07. The first kappa shape index (κ1) is 13.9. The van der Waals surface area contributed by atoms with Gasteiger partial charge in [-0.3, -0.25) is 4.98 Å². The van der Waals surface area contributed by atoms with Gasteiger partial charge in [0.05, 0.1) is 24.0 Å². The van der Waals surface area contributed by atoms with Crippen molar-refractivity contribution in [2.24, 2.45) is 0 Å². The number of nitrogens with two attached hydrogens (primary N) is 1. The summed E-state index contributed by atoms with van der Waals surface area (Å²) in [5.74, 6) is -0.389. The smallest absolute Gasteiger partial charge is 0.337 e.